The van der Waals surface area contributed by atoms with Gasteiger partial charge < -0.3 is 10.1 Å². The minimum Gasteiger partial charge on any atom is -0.495 e. The number of benzene rings is 1. The Labute approximate surface area is 159 Å². The number of hydrogen-bond acceptors (Lipinski definition) is 5. The quantitative estimate of drug-likeness (QED) is 0.543. The second kappa shape index (κ2) is 6.82. The number of halogens is 2. The Bertz CT molecular complexity index is 1080. The van der Waals surface area contributed by atoms with Crippen LogP contribution in [0.15, 0.2) is 55.0 Å². The zero-order valence-electron chi connectivity index (χ0n) is 13.6. The molecule has 0 aliphatic heterocycles. The zero-order chi connectivity index (χ0) is 18.1. The SMILES string of the molecule is COc1cc(Nc2ccc3ncc(-c4ccncc4)n3n2)c(Cl)cc1Cl. The molecule has 4 rings (SSSR count). The van der Waals surface area contributed by atoms with Crippen LogP contribution >= 0.6 is 23.2 Å². The van der Waals surface area contributed by atoms with E-state index < -0.39 is 0 Å². The molecule has 1 aromatic carbocycles. The molecule has 0 unspecified atom stereocenters. The van der Waals surface area contributed by atoms with Gasteiger partial charge in [-0.15, -0.1) is 5.10 Å². The van der Waals surface area contributed by atoms with Crippen molar-refractivity contribution in [2.75, 3.05) is 12.4 Å². The molecular formula is C18H13Cl2N5O. The first-order valence-corrected chi connectivity index (χ1v) is 8.46. The van der Waals surface area contributed by atoms with Gasteiger partial charge in [0, 0.05) is 24.0 Å². The van der Waals surface area contributed by atoms with Crippen LogP contribution in [0.25, 0.3) is 16.9 Å². The molecule has 0 radical (unpaired) electrons. The van der Waals surface area contributed by atoms with E-state index in [9.17, 15) is 0 Å². The van der Waals surface area contributed by atoms with Crippen molar-refractivity contribution in [2.45, 2.75) is 0 Å². The van der Waals surface area contributed by atoms with E-state index in [0.29, 0.717) is 27.3 Å². The molecule has 0 aliphatic carbocycles. The van der Waals surface area contributed by atoms with Crippen LogP contribution in [-0.4, -0.2) is 26.7 Å². The average molecular weight is 386 g/mol. The zero-order valence-corrected chi connectivity index (χ0v) is 15.2. The van der Waals surface area contributed by atoms with Gasteiger partial charge in [0.15, 0.2) is 11.5 Å². The lowest BCUT2D eigenvalue weighted by atomic mass is 10.2. The molecule has 0 fully saturated rings. The summed E-state index contributed by atoms with van der Waals surface area (Å²) < 4.78 is 7.00. The second-order valence-electron chi connectivity index (χ2n) is 5.46. The van der Waals surface area contributed by atoms with Crippen molar-refractivity contribution in [2.24, 2.45) is 0 Å². The van der Waals surface area contributed by atoms with E-state index >= 15 is 0 Å². The van der Waals surface area contributed by atoms with E-state index in [4.69, 9.17) is 27.9 Å². The Balaban J connectivity index is 1.74. The lowest BCUT2D eigenvalue weighted by Crippen LogP contribution is -2.01. The first-order chi connectivity index (χ1) is 12.7. The van der Waals surface area contributed by atoms with E-state index in [-0.39, 0.29) is 0 Å². The van der Waals surface area contributed by atoms with Gasteiger partial charge in [-0.25, -0.2) is 9.50 Å². The Morgan fingerprint density at radius 1 is 1.04 bits per heavy atom. The predicted octanol–water partition coefficient (Wildman–Crippen LogP) is 4.85. The Kier molecular flexibility index (Phi) is 4.36. The highest BCUT2D eigenvalue weighted by molar-refractivity contribution is 6.37. The van der Waals surface area contributed by atoms with Crippen LogP contribution in [-0.2, 0) is 0 Å². The largest absolute Gasteiger partial charge is 0.495 e. The summed E-state index contributed by atoms with van der Waals surface area (Å²) >= 11 is 12.4. The van der Waals surface area contributed by atoms with E-state index in [1.807, 2.05) is 24.3 Å². The summed E-state index contributed by atoms with van der Waals surface area (Å²) in [6, 6.07) is 10.9. The molecule has 3 aromatic heterocycles. The Morgan fingerprint density at radius 3 is 2.62 bits per heavy atom. The van der Waals surface area contributed by atoms with Crippen LogP contribution in [0.2, 0.25) is 10.0 Å². The van der Waals surface area contributed by atoms with Crippen LogP contribution in [0.1, 0.15) is 0 Å². The van der Waals surface area contributed by atoms with Crippen molar-refractivity contribution < 1.29 is 4.74 Å². The molecule has 1 N–H and O–H groups in total. The van der Waals surface area contributed by atoms with Crippen LogP contribution in [0.4, 0.5) is 11.5 Å². The molecule has 0 amide bonds. The topological polar surface area (TPSA) is 64.3 Å². The number of imidazole rings is 1. The minimum absolute atomic E-state index is 0.445. The molecule has 0 bridgehead atoms. The second-order valence-corrected chi connectivity index (χ2v) is 6.27. The molecule has 0 spiro atoms. The number of aromatic nitrogens is 4. The molecule has 6 nitrogen and oxygen atoms in total. The smallest absolute Gasteiger partial charge is 0.154 e. The summed E-state index contributed by atoms with van der Waals surface area (Å²) in [4.78, 5) is 8.43. The van der Waals surface area contributed by atoms with Gasteiger partial charge in [-0.05, 0) is 30.3 Å². The molecule has 26 heavy (non-hydrogen) atoms. The average Bonchev–Trinajstić information content (AvgIpc) is 3.08. The van der Waals surface area contributed by atoms with E-state index in [1.165, 1.54) is 0 Å². The maximum atomic E-state index is 6.28. The fraction of sp³-hybridized carbons (Fsp3) is 0.0556. The van der Waals surface area contributed by atoms with Gasteiger partial charge in [-0.1, -0.05) is 23.2 Å². The minimum atomic E-state index is 0.445. The molecule has 0 atom stereocenters. The summed E-state index contributed by atoms with van der Waals surface area (Å²) in [5.41, 5.74) is 3.22. The summed E-state index contributed by atoms with van der Waals surface area (Å²) in [6.45, 7) is 0. The van der Waals surface area contributed by atoms with Crippen LogP contribution < -0.4 is 10.1 Å². The van der Waals surface area contributed by atoms with E-state index in [1.54, 1.807) is 42.3 Å². The van der Waals surface area contributed by atoms with Crippen molar-refractivity contribution in [3.05, 3.63) is 65.0 Å². The number of nitrogens with one attached hydrogen (secondary N) is 1. The summed E-state index contributed by atoms with van der Waals surface area (Å²) in [5.74, 6) is 1.14. The normalized spacial score (nSPS) is 10.9. The number of anilines is 2. The number of fused-ring (bicyclic) bond motifs is 1. The highest BCUT2D eigenvalue weighted by atomic mass is 35.5. The number of hydrogen-bond donors (Lipinski definition) is 1. The number of nitrogens with zero attached hydrogens (tertiary/aromatic N) is 4. The highest BCUT2D eigenvalue weighted by Gasteiger charge is 2.11. The van der Waals surface area contributed by atoms with Gasteiger partial charge in [0.05, 0.1) is 34.7 Å². The van der Waals surface area contributed by atoms with Gasteiger partial charge in [0.2, 0.25) is 0 Å². The van der Waals surface area contributed by atoms with Gasteiger partial charge >= 0.3 is 0 Å². The van der Waals surface area contributed by atoms with Crippen LogP contribution in [0.5, 0.6) is 5.75 Å². The summed E-state index contributed by atoms with van der Waals surface area (Å²) in [7, 11) is 1.55. The molecule has 8 heteroatoms. The number of methoxy groups -OCH3 is 1. The monoisotopic (exact) mass is 385 g/mol. The number of pyridine rings is 1. The molecule has 0 saturated heterocycles. The fourth-order valence-corrected chi connectivity index (χ4v) is 3.09. The van der Waals surface area contributed by atoms with Crippen molar-refractivity contribution in [3.8, 4) is 17.0 Å². The third kappa shape index (κ3) is 3.05. The van der Waals surface area contributed by atoms with Gasteiger partial charge in [-0.2, -0.15) is 0 Å². The Hall–Kier alpha value is -2.83. The first-order valence-electron chi connectivity index (χ1n) is 7.71. The third-order valence-corrected chi connectivity index (χ3v) is 4.45. The molecule has 0 saturated carbocycles. The summed E-state index contributed by atoms with van der Waals surface area (Å²) in [6.07, 6.45) is 5.24. The van der Waals surface area contributed by atoms with E-state index in [2.05, 4.69) is 20.4 Å². The van der Waals surface area contributed by atoms with E-state index in [0.717, 1.165) is 16.9 Å². The van der Waals surface area contributed by atoms with Crippen LogP contribution in [0.3, 0.4) is 0 Å². The van der Waals surface area contributed by atoms with Gasteiger partial charge in [-0.3, -0.25) is 4.98 Å². The Morgan fingerprint density at radius 2 is 1.85 bits per heavy atom. The standard InChI is InChI=1S/C18H13Cl2N5O/c1-26-16-9-14(12(19)8-13(16)20)23-17-2-3-18-22-10-15(25(18)24-17)11-4-6-21-7-5-11/h2-10H,1H3,(H,23,24). The maximum absolute atomic E-state index is 6.28. The fourth-order valence-electron chi connectivity index (χ4n) is 2.58. The van der Waals surface area contributed by atoms with Crippen molar-refractivity contribution in [3.63, 3.8) is 0 Å². The molecule has 4 aromatic rings. The van der Waals surface area contributed by atoms with Crippen LogP contribution in [0, 0.1) is 0 Å². The molecule has 130 valence electrons. The first kappa shape index (κ1) is 16.6. The third-order valence-electron chi connectivity index (χ3n) is 3.84. The molecule has 3 heterocycles. The molecular weight excluding hydrogens is 373 g/mol. The molecule has 0 aliphatic rings. The van der Waals surface area contributed by atoms with Gasteiger partial charge in [0.1, 0.15) is 5.75 Å². The predicted molar refractivity (Wildman–Crippen MR) is 103 cm³/mol. The lowest BCUT2D eigenvalue weighted by molar-refractivity contribution is 0.415. The summed E-state index contributed by atoms with van der Waals surface area (Å²) in [5, 5.41) is 8.72. The van der Waals surface area contributed by atoms with Crippen molar-refractivity contribution in [1.82, 2.24) is 19.6 Å². The maximum Gasteiger partial charge on any atom is 0.154 e. The highest BCUT2D eigenvalue weighted by Crippen LogP contribution is 2.35. The number of ether oxygens (including phenoxy) is 1. The van der Waals surface area contributed by atoms with Crippen molar-refractivity contribution in [1.29, 1.82) is 0 Å². The van der Waals surface area contributed by atoms with Crippen molar-refractivity contribution >= 4 is 40.4 Å². The van der Waals surface area contributed by atoms with Gasteiger partial charge in [0.25, 0.3) is 0 Å². The lowest BCUT2D eigenvalue weighted by Gasteiger charge is -2.11. The number of rotatable bonds is 4.